The molecule has 1 fully saturated rings. The zero-order valence-corrected chi connectivity index (χ0v) is 10.7. The van der Waals surface area contributed by atoms with Crippen LogP contribution in [0.25, 0.3) is 0 Å². The Morgan fingerprint density at radius 3 is 2.76 bits per heavy atom. The minimum Gasteiger partial charge on any atom is -0.360 e. The molecule has 1 atom stereocenters. The quantitative estimate of drug-likeness (QED) is 0.785. The summed E-state index contributed by atoms with van der Waals surface area (Å²) < 4.78 is 0. The Labute approximate surface area is 108 Å². The molecule has 90 valence electrons. The van der Waals surface area contributed by atoms with Gasteiger partial charge in [0.05, 0.1) is 6.04 Å². The number of thiocarbonyl (C=S) groups is 1. The van der Waals surface area contributed by atoms with Crippen LogP contribution in [0.15, 0.2) is 24.3 Å². The van der Waals surface area contributed by atoms with Gasteiger partial charge < -0.3 is 10.6 Å². The fourth-order valence-electron chi connectivity index (χ4n) is 2.52. The van der Waals surface area contributed by atoms with Crippen LogP contribution in [0, 0.1) is 0 Å². The summed E-state index contributed by atoms with van der Waals surface area (Å²) in [6.45, 7) is 0. The molecule has 0 heterocycles. The monoisotopic (exact) mass is 246 g/mol. The zero-order valence-electron chi connectivity index (χ0n) is 9.91. The second-order valence-corrected chi connectivity index (χ2v) is 5.44. The molecular weight excluding hydrogens is 228 g/mol. The maximum Gasteiger partial charge on any atom is 0.166 e. The topological polar surface area (TPSA) is 24.1 Å². The van der Waals surface area contributed by atoms with Crippen molar-refractivity contribution in [2.45, 2.75) is 44.2 Å². The number of benzene rings is 1. The average Bonchev–Trinajstić information content (AvgIpc) is 3.13. The lowest BCUT2D eigenvalue weighted by Crippen LogP contribution is -2.39. The van der Waals surface area contributed by atoms with Gasteiger partial charge in [0.1, 0.15) is 0 Å². The maximum absolute atomic E-state index is 5.36. The van der Waals surface area contributed by atoms with Crippen LogP contribution in [0.3, 0.4) is 0 Å². The molecule has 0 amide bonds. The summed E-state index contributed by atoms with van der Waals surface area (Å²) in [5.41, 5.74) is 2.91. The first-order valence-electron chi connectivity index (χ1n) is 6.48. The van der Waals surface area contributed by atoms with Crippen molar-refractivity contribution in [3.8, 4) is 0 Å². The Balaban J connectivity index is 1.69. The van der Waals surface area contributed by atoms with Crippen LogP contribution >= 0.6 is 12.2 Å². The summed E-state index contributed by atoms with van der Waals surface area (Å²) in [5.74, 6) is 0. The van der Waals surface area contributed by atoms with Crippen molar-refractivity contribution in [3.63, 3.8) is 0 Å². The summed E-state index contributed by atoms with van der Waals surface area (Å²) in [6, 6.07) is 9.75. The number of nitrogens with one attached hydrogen (secondary N) is 2. The van der Waals surface area contributed by atoms with Gasteiger partial charge >= 0.3 is 0 Å². The molecule has 0 saturated heterocycles. The molecule has 2 aliphatic rings. The van der Waals surface area contributed by atoms with Crippen LogP contribution in [0.1, 0.15) is 42.9 Å². The van der Waals surface area contributed by atoms with E-state index in [1.54, 1.807) is 0 Å². The first kappa shape index (κ1) is 11.0. The van der Waals surface area contributed by atoms with Gasteiger partial charge in [0.25, 0.3) is 0 Å². The minimum absolute atomic E-state index is 0.402. The summed E-state index contributed by atoms with van der Waals surface area (Å²) in [6.07, 6.45) is 6.17. The van der Waals surface area contributed by atoms with Gasteiger partial charge in [-0.25, -0.2) is 0 Å². The fourth-order valence-corrected chi connectivity index (χ4v) is 2.83. The number of hydrogen-bond donors (Lipinski definition) is 2. The van der Waals surface area contributed by atoms with E-state index in [4.69, 9.17) is 12.2 Å². The van der Waals surface area contributed by atoms with Crippen molar-refractivity contribution in [3.05, 3.63) is 35.4 Å². The highest BCUT2D eigenvalue weighted by molar-refractivity contribution is 7.80. The first-order chi connectivity index (χ1) is 8.33. The SMILES string of the molecule is S=C(NC1CC1)N[C@H]1CCCc2ccccc21. The molecule has 2 nitrogen and oxygen atoms in total. The van der Waals surface area contributed by atoms with Crippen molar-refractivity contribution < 1.29 is 0 Å². The van der Waals surface area contributed by atoms with Crippen LogP contribution < -0.4 is 10.6 Å². The molecule has 0 aromatic heterocycles. The van der Waals surface area contributed by atoms with E-state index in [-0.39, 0.29) is 0 Å². The van der Waals surface area contributed by atoms with Crippen LogP contribution in [-0.2, 0) is 6.42 Å². The van der Waals surface area contributed by atoms with E-state index in [0.29, 0.717) is 12.1 Å². The van der Waals surface area contributed by atoms with Crippen molar-refractivity contribution in [1.29, 1.82) is 0 Å². The lowest BCUT2D eigenvalue weighted by Gasteiger charge is -2.27. The third-order valence-corrected chi connectivity index (χ3v) is 3.82. The molecule has 1 aromatic rings. The summed E-state index contributed by atoms with van der Waals surface area (Å²) in [5, 5.41) is 7.65. The molecule has 0 spiro atoms. The lowest BCUT2D eigenvalue weighted by atomic mass is 9.88. The predicted molar refractivity (Wildman–Crippen MR) is 74.0 cm³/mol. The Morgan fingerprint density at radius 1 is 1.12 bits per heavy atom. The van der Waals surface area contributed by atoms with Gasteiger partial charge in [-0.3, -0.25) is 0 Å². The summed E-state index contributed by atoms with van der Waals surface area (Å²) in [7, 11) is 0. The van der Waals surface area contributed by atoms with Crippen LogP contribution in [0.4, 0.5) is 0 Å². The normalized spacial score (nSPS) is 22.7. The van der Waals surface area contributed by atoms with E-state index in [9.17, 15) is 0 Å². The van der Waals surface area contributed by atoms with E-state index < -0.39 is 0 Å². The Hall–Kier alpha value is -1.09. The fraction of sp³-hybridized carbons (Fsp3) is 0.500. The molecule has 1 saturated carbocycles. The molecule has 2 N–H and O–H groups in total. The van der Waals surface area contributed by atoms with E-state index >= 15 is 0 Å². The third-order valence-electron chi connectivity index (χ3n) is 3.59. The van der Waals surface area contributed by atoms with E-state index in [1.807, 2.05) is 0 Å². The molecule has 0 radical (unpaired) electrons. The molecule has 1 aromatic carbocycles. The van der Waals surface area contributed by atoms with Crippen LogP contribution in [0.5, 0.6) is 0 Å². The molecule has 0 bridgehead atoms. The number of hydrogen-bond acceptors (Lipinski definition) is 1. The van der Waals surface area contributed by atoms with E-state index in [2.05, 4.69) is 34.9 Å². The van der Waals surface area contributed by atoms with Gasteiger partial charge in [0.2, 0.25) is 0 Å². The third kappa shape index (κ3) is 2.60. The molecule has 0 unspecified atom stereocenters. The number of aryl methyl sites for hydroxylation is 1. The number of rotatable bonds is 2. The van der Waals surface area contributed by atoms with Crippen molar-refractivity contribution in [2.24, 2.45) is 0 Å². The van der Waals surface area contributed by atoms with Crippen molar-refractivity contribution >= 4 is 17.3 Å². The minimum atomic E-state index is 0.402. The van der Waals surface area contributed by atoms with Crippen LogP contribution in [0.2, 0.25) is 0 Å². The highest BCUT2D eigenvalue weighted by Crippen LogP contribution is 2.29. The predicted octanol–water partition coefficient (Wildman–Crippen LogP) is 2.69. The molecule has 2 aliphatic carbocycles. The Kier molecular flexibility index (Phi) is 3.02. The van der Waals surface area contributed by atoms with Crippen molar-refractivity contribution in [1.82, 2.24) is 10.6 Å². The molecule has 3 heteroatoms. The second kappa shape index (κ2) is 4.65. The first-order valence-corrected chi connectivity index (χ1v) is 6.88. The van der Waals surface area contributed by atoms with Gasteiger partial charge in [-0.2, -0.15) is 0 Å². The molecule has 3 rings (SSSR count). The highest BCUT2D eigenvalue weighted by Gasteiger charge is 2.24. The molecule has 0 aliphatic heterocycles. The van der Waals surface area contributed by atoms with Gasteiger partial charge in [-0.05, 0) is 55.4 Å². The largest absolute Gasteiger partial charge is 0.360 e. The summed E-state index contributed by atoms with van der Waals surface area (Å²) in [4.78, 5) is 0. The lowest BCUT2D eigenvalue weighted by molar-refractivity contribution is 0.523. The highest BCUT2D eigenvalue weighted by atomic mass is 32.1. The second-order valence-electron chi connectivity index (χ2n) is 5.04. The van der Waals surface area contributed by atoms with Crippen LogP contribution in [-0.4, -0.2) is 11.2 Å². The molecule has 17 heavy (non-hydrogen) atoms. The standard InChI is InChI=1S/C14H18N2S/c17-14(15-11-8-9-11)16-13-7-3-5-10-4-1-2-6-12(10)13/h1-2,4,6,11,13H,3,5,7-9H2,(H2,15,16,17)/t13-/m0/s1. The average molecular weight is 246 g/mol. The zero-order chi connectivity index (χ0) is 11.7. The molecular formula is C14H18N2S. The maximum atomic E-state index is 5.36. The smallest absolute Gasteiger partial charge is 0.166 e. The van der Waals surface area contributed by atoms with E-state index in [1.165, 1.54) is 43.2 Å². The van der Waals surface area contributed by atoms with Crippen molar-refractivity contribution in [2.75, 3.05) is 0 Å². The van der Waals surface area contributed by atoms with Gasteiger partial charge in [-0.15, -0.1) is 0 Å². The summed E-state index contributed by atoms with van der Waals surface area (Å²) >= 11 is 5.36. The Morgan fingerprint density at radius 2 is 1.94 bits per heavy atom. The van der Waals surface area contributed by atoms with Gasteiger partial charge in [0.15, 0.2) is 5.11 Å². The number of fused-ring (bicyclic) bond motifs is 1. The van der Waals surface area contributed by atoms with Gasteiger partial charge in [0, 0.05) is 6.04 Å². The van der Waals surface area contributed by atoms with Gasteiger partial charge in [-0.1, -0.05) is 24.3 Å². The Bertz CT molecular complexity index is 426. The van der Waals surface area contributed by atoms with E-state index in [0.717, 1.165) is 5.11 Å².